The predicted octanol–water partition coefficient (Wildman–Crippen LogP) is 3.87. The van der Waals surface area contributed by atoms with E-state index in [9.17, 15) is 4.79 Å². The van der Waals surface area contributed by atoms with Crippen molar-refractivity contribution in [2.24, 2.45) is 0 Å². The Hall–Kier alpha value is -1.32. The van der Waals surface area contributed by atoms with Crippen molar-refractivity contribution in [3.05, 3.63) is 18.7 Å². The van der Waals surface area contributed by atoms with Gasteiger partial charge in [0, 0.05) is 37.4 Å². The summed E-state index contributed by atoms with van der Waals surface area (Å²) >= 11 is 0. The standard InChI is InChI=1S/C17H31N3O/c1-15(2)20(16(3)4)17(21)10-8-6-5-7-9-12-19-13-11-18-14-19/h11,13-16H,5-10,12H2,1-4H3. The van der Waals surface area contributed by atoms with Gasteiger partial charge in [-0.3, -0.25) is 4.79 Å². The molecular formula is C17H31N3O. The molecule has 1 aromatic heterocycles. The molecule has 1 rings (SSSR count). The lowest BCUT2D eigenvalue weighted by molar-refractivity contribution is -0.134. The second-order valence-corrected chi connectivity index (χ2v) is 6.31. The van der Waals surface area contributed by atoms with E-state index in [2.05, 4.69) is 37.2 Å². The van der Waals surface area contributed by atoms with Crippen LogP contribution >= 0.6 is 0 Å². The molecule has 120 valence electrons. The summed E-state index contributed by atoms with van der Waals surface area (Å²) in [5.41, 5.74) is 0. The van der Waals surface area contributed by atoms with Crippen LogP contribution in [-0.2, 0) is 11.3 Å². The summed E-state index contributed by atoms with van der Waals surface area (Å²) in [5, 5.41) is 0. The van der Waals surface area contributed by atoms with Crippen LogP contribution in [0.2, 0.25) is 0 Å². The van der Waals surface area contributed by atoms with Gasteiger partial charge < -0.3 is 9.47 Å². The highest BCUT2D eigenvalue weighted by Gasteiger charge is 2.18. The summed E-state index contributed by atoms with van der Waals surface area (Å²) in [6.07, 6.45) is 12.2. The van der Waals surface area contributed by atoms with Crippen molar-refractivity contribution in [2.45, 2.75) is 84.8 Å². The Balaban J connectivity index is 2.06. The van der Waals surface area contributed by atoms with Gasteiger partial charge in [-0.1, -0.05) is 19.3 Å². The van der Waals surface area contributed by atoms with Crippen LogP contribution in [0, 0.1) is 0 Å². The van der Waals surface area contributed by atoms with E-state index in [1.54, 1.807) is 0 Å². The average molecular weight is 293 g/mol. The maximum absolute atomic E-state index is 12.2. The zero-order valence-corrected chi connectivity index (χ0v) is 14.1. The van der Waals surface area contributed by atoms with Gasteiger partial charge in [-0.15, -0.1) is 0 Å². The number of nitrogens with zero attached hydrogens (tertiary/aromatic N) is 3. The van der Waals surface area contributed by atoms with Crippen LogP contribution in [0.25, 0.3) is 0 Å². The summed E-state index contributed by atoms with van der Waals surface area (Å²) < 4.78 is 2.12. The molecule has 0 bridgehead atoms. The van der Waals surface area contributed by atoms with Gasteiger partial charge in [-0.25, -0.2) is 4.98 Å². The second-order valence-electron chi connectivity index (χ2n) is 6.31. The van der Waals surface area contributed by atoms with E-state index >= 15 is 0 Å². The Bertz CT molecular complexity index is 377. The maximum Gasteiger partial charge on any atom is 0.223 e. The highest BCUT2D eigenvalue weighted by atomic mass is 16.2. The summed E-state index contributed by atoms with van der Waals surface area (Å²) in [4.78, 5) is 18.2. The molecule has 0 fully saturated rings. The van der Waals surface area contributed by atoms with Gasteiger partial charge in [0.15, 0.2) is 0 Å². The number of hydrogen-bond acceptors (Lipinski definition) is 2. The van der Waals surface area contributed by atoms with Crippen LogP contribution in [0.15, 0.2) is 18.7 Å². The maximum atomic E-state index is 12.2. The van der Waals surface area contributed by atoms with Crippen molar-refractivity contribution in [1.82, 2.24) is 14.5 Å². The third-order valence-electron chi connectivity index (χ3n) is 3.77. The molecule has 21 heavy (non-hydrogen) atoms. The molecule has 0 spiro atoms. The number of carbonyl (C=O) groups is 1. The lowest BCUT2D eigenvalue weighted by atomic mass is 10.1. The molecule has 0 atom stereocenters. The molecule has 4 nitrogen and oxygen atoms in total. The molecule has 1 aromatic rings. The molecule has 1 heterocycles. The first kappa shape index (κ1) is 17.7. The quantitative estimate of drug-likeness (QED) is 0.614. The molecule has 0 saturated heterocycles. The normalized spacial score (nSPS) is 11.3. The first-order valence-electron chi connectivity index (χ1n) is 8.29. The number of amides is 1. The van der Waals surface area contributed by atoms with Crippen LogP contribution in [0.5, 0.6) is 0 Å². The van der Waals surface area contributed by atoms with Crippen molar-refractivity contribution < 1.29 is 4.79 Å². The minimum atomic E-state index is 0.299. The Morgan fingerprint density at radius 3 is 2.24 bits per heavy atom. The molecule has 0 aliphatic heterocycles. The van der Waals surface area contributed by atoms with Crippen LogP contribution in [0.1, 0.15) is 66.2 Å². The third kappa shape index (κ3) is 6.78. The van der Waals surface area contributed by atoms with E-state index in [1.165, 1.54) is 19.3 Å². The van der Waals surface area contributed by atoms with Crippen LogP contribution in [-0.4, -0.2) is 32.4 Å². The molecule has 0 N–H and O–H groups in total. The Morgan fingerprint density at radius 2 is 1.67 bits per heavy atom. The van der Waals surface area contributed by atoms with E-state index in [0.717, 1.165) is 19.4 Å². The smallest absolute Gasteiger partial charge is 0.223 e. The monoisotopic (exact) mass is 293 g/mol. The summed E-state index contributed by atoms with van der Waals surface area (Å²) in [6.45, 7) is 9.41. The fourth-order valence-corrected chi connectivity index (χ4v) is 2.82. The molecule has 4 heteroatoms. The van der Waals surface area contributed by atoms with Crippen LogP contribution in [0.3, 0.4) is 0 Å². The van der Waals surface area contributed by atoms with E-state index in [0.29, 0.717) is 24.4 Å². The molecule has 0 aliphatic carbocycles. The lowest BCUT2D eigenvalue weighted by Gasteiger charge is -2.30. The second kappa shape index (κ2) is 9.59. The van der Waals surface area contributed by atoms with Crippen LogP contribution in [0.4, 0.5) is 0 Å². The molecule has 0 saturated carbocycles. The molecule has 1 amide bonds. The number of carbonyl (C=O) groups excluding carboxylic acids is 1. The number of unbranched alkanes of at least 4 members (excludes halogenated alkanes) is 4. The Kier molecular flexibility index (Phi) is 8.09. The van der Waals surface area contributed by atoms with Crippen molar-refractivity contribution in [3.63, 3.8) is 0 Å². The SMILES string of the molecule is CC(C)N(C(=O)CCCCCCCn1ccnc1)C(C)C. The van der Waals surface area contributed by atoms with Gasteiger partial charge >= 0.3 is 0 Å². The highest BCUT2D eigenvalue weighted by Crippen LogP contribution is 2.12. The zero-order chi connectivity index (χ0) is 15.7. The van der Waals surface area contributed by atoms with Gasteiger partial charge in [-0.05, 0) is 40.5 Å². The van der Waals surface area contributed by atoms with Gasteiger partial charge in [0.2, 0.25) is 5.91 Å². The third-order valence-corrected chi connectivity index (χ3v) is 3.77. The molecule has 0 aromatic carbocycles. The molecule has 0 aliphatic rings. The van der Waals surface area contributed by atoms with Crippen molar-refractivity contribution >= 4 is 5.91 Å². The van der Waals surface area contributed by atoms with E-state index in [4.69, 9.17) is 0 Å². The molecular weight excluding hydrogens is 262 g/mol. The largest absolute Gasteiger partial charge is 0.338 e. The fraction of sp³-hybridized carbons (Fsp3) is 0.765. The van der Waals surface area contributed by atoms with Crippen molar-refractivity contribution in [2.75, 3.05) is 0 Å². The Morgan fingerprint density at radius 1 is 1.05 bits per heavy atom. The van der Waals surface area contributed by atoms with Crippen molar-refractivity contribution in [1.29, 1.82) is 0 Å². The number of rotatable bonds is 10. The first-order valence-corrected chi connectivity index (χ1v) is 8.29. The van der Waals surface area contributed by atoms with E-state index in [-0.39, 0.29) is 0 Å². The lowest BCUT2D eigenvalue weighted by Crippen LogP contribution is -2.41. The predicted molar refractivity (Wildman–Crippen MR) is 87.0 cm³/mol. The van der Waals surface area contributed by atoms with E-state index < -0.39 is 0 Å². The molecule has 0 radical (unpaired) electrons. The first-order chi connectivity index (χ1) is 10.0. The summed E-state index contributed by atoms with van der Waals surface area (Å²) in [5.74, 6) is 0.304. The number of hydrogen-bond donors (Lipinski definition) is 0. The minimum Gasteiger partial charge on any atom is -0.338 e. The Labute approximate surface area is 129 Å². The van der Waals surface area contributed by atoms with E-state index in [1.807, 2.05) is 23.6 Å². The average Bonchev–Trinajstić information content (AvgIpc) is 2.89. The van der Waals surface area contributed by atoms with Crippen molar-refractivity contribution in [3.8, 4) is 0 Å². The minimum absolute atomic E-state index is 0.299. The number of aryl methyl sites for hydroxylation is 1. The van der Waals surface area contributed by atoms with Gasteiger partial charge in [0.1, 0.15) is 0 Å². The fourth-order valence-electron chi connectivity index (χ4n) is 2.82. The number of imidazole rings is 1. The van der Waals surface area contributed by atoms with Gasteiger partial charge in [-0.2, -0.15) is 0 Å². The molecule has 0 unspecified atom stereocenters. The zero-order valence-electron chi connectivity index (χ0n) is 14.1. The number of aromatic nitrogens is 2. The van der Waals surface area contributed by atoms with Crippen LogP contribution < -0.4 is 0 Å². The highest BCUT2D eigenvalue weighted by molar-refractivity contribution is 5.76. The van der Waals surface area contributed by atoms with Gasteiger partial charge in [0.05, 0.1) is 6.33 Å². The summed E-state index contributed by atoms with van der Waals surface area (Å²) in [7, 11) is 0. The van der Waals surface area contributed by atoms with Gasteiger partial charge in [0.25, 0.3) is 0 Å². The summed E-state index contributed by atoms with van der Waals surface area (Å²) in [6, 6.07) is 0.598. The topological polar surface area (TPSA) is 38.1 Å².